The molecule has 1 saturated carbocycles. The predicted octanol–water partition coefficient (Wildman–Crippen LogP) is 3.20. The van der Waals surface area contributed by atoms with Gasteiger partial charge in [-0.3, -0.25) is 25.2 Å². The van der Waals surface area contributed by atoms with Crippen LogP contribution in [0.25, 0.3) is 0 Å². The average Bonchev–Trinajstić information content (AvgIpc) is 3.21. The lowest BCUT2D eigenvalue weighted by Gasteiger charge is -2.12. The molecular weight excluding hydrogens is 446 g/mol. The van der Waals surface area contributed by atoms with Crippen LogP contribution in [0.1, 0.15) is 36.0 Å². The predicted molar refractivity (Wildman–Crippen MR) is 109 cm³/mol. The van der Waals surface area contributed by atoms with Gasteiger partial charge in [0.25, 0.3) is 15.9 Å². The molecule has 0 heterocycles. The van der Waals surface area contributed by atoms with E-state index in [0.717, 1.165) is 30.2 Å². The molecule has 2 aromatic carbocycles. The van der Waals surface area contributed by atoms with E-state index in [9.17, 15) is 18.0 Å². The molecule has 9 heteroatoms. The number of rotatable bonds is 5. The Hall–Kier alpha value is -2.39. The number of nitrogens with one attached hydrogen (secondary N) is 3. The maximum Gasteiger partial charge on any atom is 0.269 e. The molecule has 148 valence electrons. The number of hydrogen-bond acceptors (Lipinski definition) is 4. The second kappa shape index (κ2) is 8.74. The Morgan fingerprint density at radius 3 is 2.11 bits per heavy atom. The minimum atomic E-state index is -3.72. The molecule has 0 atom stereocenters. The highest BCUT2D eigenvalue weighted by Gasteiger charge is 2.23. The highest BCUT2D eigenvalue weighted by molar-refractivity contribution is 9.10. The van der Waals surface area contributed by atoms with Crippen LogP contribution in [0.5, 0.6) is 0 Å². The number of hydrazine groups is 1. The molecule has 0 aliphatic heterocycles. The molecule has 1 aliphatic rings. The Balaban J connectivity index is 1.58. The maximum atomic E-state index is 12.4. The number of halogens is 1. The second-order valence-electron chi connectivity index (χ2n) is 6.56. The summed E-state index contributed by atoms with van der Waals surface area (Å²) in [7, 11) is -3.72. The molecule has 2 amide bonds. The Bertz CT molecular complexity index is 954. The van der Waals surface area contributed by atoms with Crippen LogP contribution >= 0.6 is 15.9 Å². The second-order valence-corrected chi connectivity index (χ2v) is 9.16. The van der Waals surface area contributed by atoms with Crippen molar-refractivity contribution in [2.45, 2.75) is 30.6 Å². The SMILES string of the molecule is O=C(NNC(=O)C1CCCC1)c1ccc(NS(=O)(=O)c2ccc(Br)cc2)cc1. The third kappa shape index (κ3) is 5.11. The van der Waals surface area contributed by atoms with Crippen molar-refractivity contribution in [2.75, 3.05) is 4.72 Å². The van der Waals surface area contributed by atoms with Crippen LogP contribution in [0.2, 0.25) is 0 Å². The standard InChI is InChI=1S/C19H20BrN3O4S/c20-15-7-11-17(12-8-15)28(26,27)23-16-9-5-14(6-10-16)19(25)22-21-18(24)13-3-1-2-4-13/h5-13,23H,1-4H2,(H,21,24)(H,22,25). The molecule has 0 aromatic heterocycles. The van der Waals surface area contributed by atoms with Crippen LogP contribution in [-0.4, -0.2) is 20.2 Å². The van der Waals surface area contributed by atoms with E-state index in [2.05, 4.69) is 31.5 Å². The molecule has 0 radical (unpaired) electrons. The Labute approximate surface area is 172 Å². The Morgan fingerprint density at radius 1 is 0.893 bits per heavy atom. The van der Waals surface area contributed by atoms with Gasteiger partial charge in [-0.05, 0) is 61.4 Å². The van der Waals surface area contributed by atoms with E-state index in [0.29, 0.717) is 11.3 Å². The van der Waals surface area contributed by atoms with Crippen LogP contribution in [0.15, 0.2) is 57.9 Å². The quantitative estimate of drug-likeness (QED) is 0.589. The molecule has 3 rings (SSSR count). The summed E-state index contributed by atoms with van der Waals surface area (Å²) >= 11 is 3.26. The normalized spacial score (nSPS) is 14.5. The highest BCUT2D eigenvalue weighted by atomic mass is 79.9. The van der Waals surface area contributed by atoms with Crippen LogP contribution in [0.3, 0.4) is 0 Å². The lowest BCUT2D eigenvalue weighted by atomic mass is 10.1. The molecule has 7 nitrogen and oxygen atoms in total. The Morgan fingerprint density at radius 2 is 1.50 bits per heavy atom. The third-order valence-electron chi connectivity index (χ3n) is 4.55. The van der Waals surface area contributed by atoms with Gasteiger partial charge in [0.05, 0.1) is 4.90 Å². The molecule has 0 spiro atoms. The fourth-order valence-electron chi connectivity index (χ4n) is 3.00. The van der Waals surface area contributed by atoms with Crippen molar-refractivity contribution < 1.29 is 18.0 Å². The highest BCUT2D eigenvalue weighted by Crippen LogP contribution is 2.24. The van der Waals surface area contributed by atoms with Crippen molar-refractivity contribution in [1.29, 1.82) is 0 Å². The van der Waals surface area contributed by atoms with Crippen molar-refractivity contribution in [3.05, 3.63) is 58.6 Å². The average molecular weight is 466 g/mol. The zero-order valence-corrected chi connectivity index (χ0v) is 17.3. The van der Waals surface area contributed by atoms with Gasteiger partial charge in [-0.1, -0.05) is 28.8 Å². The van der Waals surface area contributed by atoms with Crippen LogP contribution < -0.4 is 15.6 Å². The van der Waals surface area contributed by atoms with Gasteiger partial charge in [-0.2, -0.15) is 0 Å². The van der Waals surface area contributed by atoms with E-state index in [1.807, 2.05) is 0 Å². The number of benzene rings is 2. The summed E-state index contributed by atoms with van der Waals surface area (Å²) in [6, 6.07) is 12.2. The van der Waals surface area contributed by atoms with Gasteiger partial charge in [0, 0.05) is 21.6 Å². The summed E-state index contributed by atoms with van der Waals surface area (Å²) in [5.74, 6) is -0.686. The van der Waals surface area contributed by atoms with Gasteiger partial charge in [-0.15, -0.1) is 0 Å². The molecule has 1 aliphatic carbocycles. The number of amides is 2. The first kappa shape index (κ1) is 20.3. The summed E-state index contributed by atoms with van der Waals surface area (Å²) in [4.78, 5) is 24.2. The zero-order chi connectivity index (χ0) is 20.1. The molecule has 0 saturated heterocycles. The van der Waals surface area contributed by atoms with Gasteiger partial charge in [0.15, 0.2) is 0 Å². The fourth-order valence-corrected chi connectivity index (χ4v) is 4.32. The van der Waals surface area contributed by atoms with Crippen molar-refractivity contribution in [3.63, 3.8) is 0 Å². The maximum absolute atomic E-state index is 12.4. The van der Waals surface area contributed by atoms with Crippen molar-refractivity contribution >= 4 is 43.5 Å². The zero-order valence-electron chi connectivity index (χ0n) is 14.9. The van der Waals surface area contributed by atoms with Gasteiger partial charge in [-0.25, -0.2) is 8.42 Å². The van der Waals surface area contributed by atoms with Gasteiger partial charge >= 0.3 is 0 Å². The van der Waals surface area contributed by atoms with E-state index in [1.54, 1.807) is 12.1 Å². The van der Waals surface area contributed by atoms with E-state index < -0.39 is 15.9 Å². The largest absolute Gasteiger partial charge is 0.280 e. The summed E-state index contributed by atoms with van der Waals surface area (Å²) in [6.07, 6.45) is 3.75. The summed E-state index contributed by atoms with van der Waals surface area (Å²) in [6.45, 7) is 0. The molecule has 3 N–H and O–H groups in total. The lowest BCUT2D eigenvalue weighted by molar-refractivity contribution is -0.125. The minimum Gasteiger partial charge on any atom is -0.280 e. The molecular formula is C19H20BrN3O4S. The molecule has 1 fully saturated rings. The van der Waals surface area contributed by atoms with Gasteiger partial charge in [0.1, 0.15) is 0 Å². The number of anilines is 1. The first-order chi connectivity index (χ1) is 13.3. The smallest absolute Gasteiger partial charge is 0.269 e. The van der Waals surface area contributed by atoms with Crippen LogP contribution in [0.4, 0.5) is 5.69 Å². The molecule has 2 aromatic rings. The van der Waals surface area contributed by atoms with Crippen molar-refractivity contribution in [1.82, 2.24) is 10.9 Å². The fraction of sp³-hybridized carbons (Fsp3) is 0.263. The van der Waals surface area contributed by atoms with E-state index >= 15 is 0 Å². The van der Waals surface area contributed by atoms with Gasteiger partial charge in [0.2, 0.25) is 5.91 Å². The monoisotopic (exact) mass is 465 g/mol. The third-order valence-corrected chi connectivity index (χ3v) is 6.47. The minimum absolute atomic E-state index is 0.0457. The number of carbonyl (C=O) groups excluding carboxylic acids is 2. The van der Waals surface area contributed by atoms with E-state index in [4.69, 9.17) is 0 Å². The van der Waals surface area contributed by atoms with E-state index in [-0.39, 0.29) is 16.7 Å². The number of carbonyl (C=O) groups is 2. The summed E-state index contributed by atoms with van der Waals surface area (Å²) in [5.41, 5.74) is 5.47. The number of sulfonamides is 1. The Kier molecular flexibility index (Phi) is 6.35. The number of hydrogen-bond donors (Lipinski definition) is 3. The topological polar surface area (TPSA) is 104 Å². The molecule has 0 unspecified atom stereocenters. The molecule has 28 heavy (non-hydrogen) atoms. The van der Waals surface area contributed by atoms with Crippen LogP contribution in [0, 0.1) is 5.92 Å². The summed E-state index contributed by atoms with van der Waals surface area (Å²) < 4.78 is 28.0. The summed E-state index contributed by atoms with van der Waals surface area (Å²) in [5, 5.41) is 0. The van der Waals surface area contributed by atoms with Crippen LogP contribution in [-0.2, 0) is 14.8 Å². The van der Waals surface area contributed by atoms with Crippen molar-refractivity contribution in [3.8, 4) is 0 Å². The van der Waals surface area contributed by atoms with E-state index in [1.165, 1.54) is 36.4 Å². The van der Waals surface area contributed by atoms with Gasteiger partial charge < -0.3 is 0 Å². The molecule has 0 bridgehead atoms. The van der Waals surface area contributed by atoms with Crippen molar-refractivity contribution in [2.24, 2.45) is 5.92 Å². The first-order valence-corrected chi connectivity index (χ1v) is 11.1. The lowest BCUT2D eigenvalue weighted by Crippen LogP contribution is -2.44. The first-order valence-electron chi connectivity index (χ1n) is 8.84.